The molecule has 0 saturated heterocycles. The van der Waals surface area contributed by atoms with Crippen LogP contribution in [0.15, 0.2) is 36.4 Å². The van der Waals surface area contributed by atoms with Crippen LogP contribution in [-0.4, -0.2) is 22.9 Å². The molecule has 0 aliphatic rings. The second-order valence-electron chi connectivity index (χ2n) is 4.88. The number of hydrogen-bond donors (Lipinski definition) is 3. The van der Waals surface area contributed by atoms with Crippen molar-refractivity contribution >= 4 is 29.2 Å². The third-order valence-electron chi connectivity index (χ3n) is 2.41. The van der Waals surface area contributed by atoms with E-state index in [1.54, 1.807) is 24.3 Å². The Kier molecular flexibility index (Phi) is 6.13. The number of carbonyl (C=O) groups excluding carboxylic acids is 2. The molecule has 6 heteroatoms. The second-order valence-corrected chi connectivity index (χ2v) is 4.88. The first-order chi connectivity index (χ1) is 9.86. The van der Waals surface area contributed by atoms with Gasteiger partial charge in [-0.25, -0.2) is 4.79 Å². The van der Waals surface area contributed by atoms with Gasteiger partial charge in [-0.2, -0.15) is 0 Å². The number of aliphatic carboxylic acids is 1. The van der Waals surface area contributed by atoms with Crippen molar-refractivity contribution in [2.45, 2.75) is 20.3 Å². The zero-order chi connectivity index (χ0) is 15.8. The van der Waals surface area contributed by atoms with E-state index >= 15 is 0 Å². The molecule has 0 heterocycles. The maximum Gasteiger partial charge on any atom is 0.328 e. The predicted molar refractivity (Wildman–Crippen MR) is 79.9 cm³/mol. The van der Waals surface area contributed by atoms with Gasteiger partial charge in [0.05, 0.1) is 0 Å². The molecule has 0 saturated carbocycles. The molecule has 0 bridgehead atoms. The standard InChI is InChI=1S/C15H18N2O4/c1-10(2)9-14(19)17-12-5-3-11(4-6-12)16-13(18)7-8-15(20)21/h3-8,10H,9H2,1-2H3,(H,16,18)(H,17,19)(H,20,21)/b8-7+. The monoisotopic (exact) mass is 290 g/mol. The number of hydrogen-bond acceptors (Lipinski definition) is 3. The zero-order valence-electron chi connectivity index (χ0n) is 11.9. The molecule has 6 nitrogen and oxygen atoms in total. The normalized spacial score (nSPS) is 10.6. The Morgan fingerprint density at radius 2 is 1.57 bits per heavy atom. The molecule has 112 valence electrons. The summed E-state index contributed by atoms with van der Waals surface area (Å²) in [6.07, 6.45) is 2.13. The third-order valence-corrected chi connectivity index (χ3v) is 2.41. The summed E-state index contributed by atoms with van der Waals surface area (Å²) in [5, 5.41) is 13.7. The quantitative estimate of drug-likeness (QED) is 0.700. The van der Waals surface area contributed by atoms with Gasteiger partial charge in [0.25, 0.3) is 0 Å². The minimum atomic E-state index is -1.19. The maximum absolute atomic E-state index is 11.6. The van der Waals surface area contributed by atoms with Crippen LogP contribution in [0, 0.1) is 5.92 Å². The van der Waals surface area contributed by atoms with Crippen molar-refractivity contribution in [1.29, 1.82) is 0 Å². The molecule has 0 spiro atoms. The van der Waals surface area contributed by atoms with E-state index in [1.807, 2.05) is 13.8 Å². The van der Waals surface area contributed by atoms with Crippen molar-refractivity contribution in [3.63, 3.8) is 0 Å². The minimum Gasteiger partial charge on any atom is -0.478 e. The summed E-state index contributed by atoms with van der Waals surface area (Å²) in [6, 6.07) is 6.57. The summed E-state index contributed by atoms with van der Waals surface area (Å²) in [5.74, 6) is -1.50. The fourth-order valence-corrected chi connectivity index (χ4v) is 1.55. The van der Waals surface area contributed by atoms with Crippen LogP contribution in [0.4, 0.5) is 11.4 Å². The zero-order valence-corrected chi connectivity index (χ0v) is 11.9. The molecule has 0 fully saturated rings. The van der Waals surface area contributed by atoms with Gasteiger partial charge in [-0.05, 0) is 30.2 Å². The fraction of sp³-hybridized carbons (Fsp3) is 0.267. The molecule has 0 atom stereocenters. The van der Waals surface area contributed by atoms with Gasteiger partial charge in [0.2, 0.25) is 11.8 Å². The lowest BCUT2D eigenvalue weighted by Gasteiger charge is -2.08. The Balaban J connectivity index is 2.56. The molecule has 0 unspecified atom stereocenters. The van der Waals surface area contributed by atoms with Gasteiger partial charge in [0.1, 0.15) is 0 Å². The van der Waals surface area contributed by atoms with E-state index in [0.717, 1.165) is 12.2 Å². The lowest BCUT2D eigenvalue weighted by Crippen LogP contribution is -2.14. The highest BCUT2D eigenvalue weighted by atomic mass is 16.4. The minimum absolute atomic E-state index is 0.0637. The van der Waals surface area contributed by atoms with Gasteiger partial charge >= 0.3 is 5.97 Å². The van der Waals surface area contributed by atoms with Crippen LogP contribution in [0.2, 0.25) is 0 Å². The Morgan fingerprint density at radius 1 is 1.05 bits per heavy atom. The smallest absolute Gasteiger partial charge is 0.328 e. The number of benzene rings is 1. The summed E-state index contributed by atoms with van der Waals surface area (Å²) in [7, 11) is 0. The molecule has 1 rings (SSSR count). The first kappa shape index (κ1) is 16.4. The van der Waals surface area contributed by atoms with Crippen molar-refractivity contribution in [3.05, 3.63) is 36.4 Å². The SMILES string of the molecule is CC(C)CC(=O)Nc1ccc(NC(=O)/C=C/C(=O)O)cc1. The van der Waals surface area contributed by atoms with Gasteiger partial charge in [0.15, 0.2) is 0 Å². The summed E-state index contributed by atoms with van der Waals surface area (Å²) >= 11 is 0. The third kappa shape index (κ3) is 6.91. The molecular formula is C15H18N2O4. The Labute approximate surface area is 122 Å². The van der Waals surface area contributed by atoms with Gasteiger partial charge in [-0.15, -0.1) is 0 Å². The Hall–Kier alpha value is -2.63. The highest BCUT2D eigenvalue weighted by Crippen LogP contribution is 2.14. The van der Waals surface area contributed by atoms with Crippen LogP contribution in [-0.2, 0) is 14.4 Å². The number of carboxylic acid groups (broad SMARTS) is 1. The van der Waals surface area contributed by atoms with E-state index < -0.39 is 11.9 Å². The second kappa shape index (κ2) is 7.84. The molecule has 1 aromatic carbocycles. The molecule has 0 radical (unpaired) electrons. The molecule has 0 aromatic heterocycles. The highest BCUT2D eigenvalue weighted by molar-refractivity contribution is 6.02. The van der Waals surface area contributed by atoms with E-state index in [2.05, 4.69) is 10.6 Å². The molecule has 0 aliphatic heterocycles. The van der Waals surface area contributed by atoms with Crippen LogP contribution in [0.3, 0.4) is 0 Å². The van der Waals surface area contributed by atoms with Crippen LogP contribution in [0.1, 0.15) is 20.3 Å². The van der Waals surface area contributed by atoms with E-state index in [0.29, 0.717) is 17.8 Å². The van der Waals surface area contributed by atoms with Crippen molar-refractivity contribution in [2.75, 3.05) is 10.6 Å². The van der Waals surface area contributed by atoms with Crippen LogP contribution in [0.5, 0.6) is 0 Å². The van der Waals surface area contributed by atoms with E-state index in [9.17, 15) is 14.4 Å². The molecule has 3 N–H and O–H groups in total. The molecule has 2 amide bonds. The lowest BCUT2D eigenvalue weighted by molar-refractivity contribution is -0.131. The maximum atomic E-state index is 11.6. The lowest BCUT2D eigenvalue weighted by atomic mass is 10.1. The number of amides is 2. The predicted octanol–water partition coefficient (Wildman–Crippen LogP) is 2.25. The summed E-state index contributed by atoms with van der Waals surface area (Å²) in [6.45, 7) is 3.92. The topological polar surface area (TPSA) is 95.5 Å². The fourth-order valence-electron chi connectivity index (χ4n) is 1.55. The van der Waals surface area contributed by atoms with E-state index in [4.69, 9.17) is 5.11 Å². The van der Waals surface area contributed by atoms with Crippen molar-refractivity contribution in [2.24, 2.45) is 5.92 Å². The number of anilines is 2. The van der Waals surface area contributed by atoms with Gasteiger partial charge in [-0.1, -0.05) is 13.8 Å². The van der Waals surface area contributed by atoms with E-state index in [-0.39, 0.29) is 11.8 Å². The van der Waals surface area contributed by atoms with Crippen LogP contribution < -0.4 is 10.6 Å². The van der Waals surface area contributed by atoms with Gasteiger partial charge in [-0.3, -0.25) is 9.59 Å². The number of nitrogens with one attached hydrogen (secondary N) is 2. The highest BCUT2D eigenvalue weighted by Gasteiger charge is 2.05. The van der Waals surface area contributed by atoms with Gasteiger partial charge in [0, 0.05) is 29.9 Å². The largest absolute Gasteiger partial charge is 0.478 e. The summed E-state index contributed by atoms with van der Waals surface area (Å²) in [4.78, 5) is 33.2. The average molecular weight is 290 g/mol. The van der Waals surface area contributed by atoms with Gasteiger partial charge < -0.3 is 15.7 Å². The number of rotatable bonds is 6. The van der Waals surface area contributed by atoms with Crippen molar-refractivity contribution in [3.8, 4) is 0 Å². The van der Waals surface area contributed by atoms with Crippen LogP contribution >= 0.6 is 0 Å². The van der Waals surface area contributed by atoms with Crippen molar-refractivity contribution in [1.82, 2.24) is 0 Å². The molecule has 21 heavy (non-hydrogen) atoms. The Morgan fingerprint density at radius 3 is 2.05 bits per heavy atom. The van der Waals surface area contributed by atoms with Crippen molar-refractivity contribution < 1.29 is 19.5 Å². The molecule has 0 aliphatic carbocycles. The number of carboxylic acids is 1. The van der Waals surface area contributed by atoms with Crippen LogP contribution in [0.25, 0.3) is 0 Å². The summed E-state index contributed by atoms with van der Waals surface area (Å²) in [5.41, 5.74) is 1.15. The Bertz CT molecular complexity index is 547. The average Bonchev–Trinajstić information content (AvgIpc) is 2.37. The van der Waals surface area contributed by atoms with E-state index in [1.165, 1.54) is 0 Å². The molecule has 1 aromatic rings. The first-order valence-electron chi connectivity index (χ1n) is 6.48. The molecular weight excluding hydrogens is 272 g/mol. The number of carbonyl (C=O) groups is 3. The summed E-state index contributed by atoms with van der Waals surface area (Å²) < 4.78 is 0. The first-order valence-corrected chi connectivity index (χ1v) is 6.48.